The van der Waals surface area contributed by atoms with Gasteiger partial charge in [-0.1, -0.05) is 17.7 Å². The predicted octanol–water partition coefficient (Wildman–Crippen LogP) is 3.84. The minimum absolute atomic E-state index is 0.0817. The van der Waals surface area contributed by atoms with E-state index in [9.17, 15) is 14.0 Å². The smallest absolute Gasteiger partial charge is 0.339 e. The van der Waals surface area contributed by atoms with Crippen LogP contribution in [0.5, 0.6) is 0 Å². The first-order chi connectivity index (χ1) is 11.8. The maximum atomic E-state index is 14.0. The number of furan rings is 1. The molecule has 0 saturated heterocycles. The molecule has 2 atom stereocenters. The van der Waals surface area contributed by atoms with E-state index in [1.807, 2.05) is 0 Å². The summed E-state index contributed by atoms with van der Waals surface area (Å²) in [6, 6.07) is 5.90. The summed E-state index contributed by atoms with van der Waals surface area (Å²) in [4.78, 5) is 25.1. The molecule has 2 aromatic rings. The molecular weight excluding hydrogens is 349 g/mol. The van der Waals surface area contributed by atoms with Crippen LogP contribution in [0.4, 0.5) is 4.39 Å². The molecule has 0 aliphatic heterocycles. The molecule has 0 bridgehead atoms. The Kier molecular flexibility index (Phi) is 4.56. The van der Waals surface area contributed by atoms with Crippen LogP contribution < -0.4 is 0 Å². The van der Waals surface area contributed by atoms with Crippen molar-refractivity contribution in [2.24, 2.45) is 5.92 Å². The summed E-state index contributed by atoms with van der Waals surface area (Å²) in [5.74, 6) is -1.47. The molecule has 3 rings (SSSR count). The second kappa shape index (κ2) is 6.52. The van der Waals surface area contributed by atoms with Gasteiger partial charge in [0.05, 0.1) is 6.54 Å². The highest BCUT2D eigenvalue weighted by atomic mass is 35.5. The molecule has 1 fully saturated rings. The van der Waals surface area contributed by atoms with Crippen LogP contribution in [0.3, 0.4) is 0 Å². The van der Waals surface area contributed by atoms with Gasteiger partial charge in [-0.15, -0.1) is 0 Å². The molecule has 0 spiro atoms. The second-order valence-electron chi connectivity index (χ2n) is 6.27. The number of aryl methyl sites for hydroxylation is 1. The number of hydrogen-bond acceptors (Lipinski definition) is 3. The van der Waals surface area contributed by atoms with Crippen LogP contribution in [0.25, 0.3) is 0 Å². The minimum atomic E-state index is -1.07. The van der Waals surface area contributed by atoms with Crippen LogP contribution in [0.2, 0.25) is 5.02 Å². The Bertz CT molecular complexity index is 827. The van der Waals surface area contributed by atoms with Crippen molar-refractivity contribution in [2.75, 3.05) is 7.05 Å². The highest BCUT2D eigenvalue weighted by Gasteiger charge is 2.47. The monoisotopic (exact) mass is 365 g/mol. The number of amides is 1. The number of nitrogens with zero attached hydrogens (tertiary/aromatic N) is 1. The normalized spacial score (nSPS) is 18.9. The van der Waals surface area contributed by atoms with Crippen molar-refractivity contribution in [1.82, 2.24) is 4.90 Å². The third-order valence-electron chi connectivity index (χ3n) is 4.45. The third kappa shape index (κ3) is 3.39. The highest BCUT2D eigenvalue weighted by molar-refractivity contribution is 6.31. The lowest BCUT2D eigenvalue weighted by Gasteiger charge is -2.16. The van der Waals surface area contributed by atoms with Gasteiger partial charge in [0, 0.05) is 29.5 Å². The zero-order chi connectivity index (χ0) is 18.3. The van der Waals surface area contributed by atoms with Crippen LogP contribution in [-0.2, 0) is 11.3 Å². The maximum absolute atomic E-state index is 14.0. The van der Waals surface area contributed by atoms with E-state index in [1.165, 1.54) is 23.1 Å². The summed E-state index contributed by atoms with van der Waals surface area (Å²) in [5.41, 5.74) is 0.469. The SMILES string of the molecule is Cc1oc(CN(C)C(=O)C2CC2c2c(F)cccc2Cl)cc1C(=O)O. The number of carboxylic acids is 1. The van der Waals surface area contributed by atoms with E-state index in [0.29, 0.717) is 28.5 Å². The lowest BCUT2D eigenvalue weighted by Crippen LogP contribution is -2.28. The van der Waals surface area contributed by atoms with Gasteiger partial charge in [0.2, 0.25) is 5.91 Å². The molecule has 2 unspecified atom stereocenters. The van der Waals surface area contributed by atoms with Crippen molar-refractivity contribution in [1.29, 1.82) is 0 Å². The molecule has 1 aliphatic carbocycles. The van der Waals surface area contributed by atoms with E-state index < -0.39 is 11.8 Å². The van der Waals surface area contributed by atoms with Crippen LogP contribution in [0.1, 0.15) is 39.8 Å². The Hall–Kier alpha value is -2.34. The van der Waals surface area contributed by atoms with Gasteiger partial charge in [0.15, 0.2) is 0 Å². The van der Waals surface area contributed by atoms with E-state index in [-0.39, 0.29) is 29.9 Å². The number of carboxylic acid groups (broad SMARTS) is 1. The average molecular weight is 366 g/mol. The zero-order valence-corrected chi connectivity index (χ0v) is 14.5. The molecule has 1 saturated carbocycles. The number of hydrogen-bond donors (Lipinski definition) is 1. The summed E-state index contributed by atoms with van der Waals surface area (Å²) in [5, 5.41) is 9.37. The van der Waals surface area contributed by atoms with Gasteiger partial charge >= 0.3 is 5.97 Å². The Balaban J connectivity index is 1.68. The molecule has 25 heavy (non-hydrogen) atoms. The molecule has 1 heterocycles. The molecule has 1 aliphatic rings. The van der Waals surface area contributed by atoms with E-state index in [2.05, 4.69) is 0 Å². The number of carbonyl (C=O) groups is 2. The number of rotatable bonds is 5. The molecule has 1 aromatic heterocycles. The highest BCUT2D eigenvalue weighted by Crippen LogP contribution is 2.51. The van der Waals surface area contributed by atoms with Crippen molar-refractivity contribution in [3.63, 3.8) is 0 Å². The van der Waals surface area contributed by atoms with E-state index in [4.69, 9.17) is 21.1 Å². The average Bonchev–Trinajstić information content (AvgIpc) is 3.22. The predicted molar refractivity (Wildman–Crippen MR) is 89.1 cm³/mol. The molecule has 5 nitrogen and oxygen atoms in total. The van der Waals surface area contributed by atoms with Gasteiger partial charge in [-0.25, -0.2) is 9.18 Å². The summed E-state index contributed by atoms with van der Waals surface area (Å²) in [6.07, 6.45) is 0.543. The van der Waals surface area contributed by atoms with E-state index >= 15 is 0 Å². The number of benzene rings is 1. The van der Waals surface area contributed by atoms with Crippen molar-refractivity contribution >= 4 is 23.5 Å². The molecule has 1 amide bonds. The quantitative estimate of drug-likeness (QED) is 0.873. The fourth-order valence-corrected chi connectivity index (χ4v) is 3.38. The summed E-state index contributed by atoms with van der Waals surface area (Å²) in [7, 11) is 1.61. The maximum Gasteiger partial charge on any atom is 0.339 e. The molecule has 0 radical (unpaired) electrons. The number of aromatic carboxylic acids is 1. The van der Waals surface area contributed by atoms with Gasteiger partial charge in [-0.3, -0.25) is 4.79 Å². The zero-order valence-electron chi connectivity index (χ0n) is 13.8. The number of carbonyl (C=O) groups excluding carboxylic acids is 1. The minimum Gasteiger partial charge on any atom is -0.478 e. The Morgan fingerprint density at radius 2 is 2.16 bits per heavy atom. The van der Waals surface area contributed by atoms with Gasteiger partial charge in [0.1, 0.15) is 22.9 Å². The van der Waals surface area contributed by atoms with Gasteiger partial charge in [-0.05, 0) is 31.5 Å². The third-order valence-corrected chi connectivity index (χ3v) is 4.78. The van der Waals surface area contributed by atoms with Crippen LogP contribution in [-0.4, -0.2) is 28.9 Å². The van der Waals surface area contributed by atoms with E-state index in [1.54, 1.807) is 20.0 Å². The summed E-state index contributed by atoms with van der Waals surface area (Å²) >= 11 is 6.06. The molecular formula is C18H17ClFNO4. The van der Waals surface area contributed by atoms with Crippen LogP contribution >= 0.6 is 11.6 Å². The molecule has 1 aromatic carbocycles. The topological polar surface area (TPSA) is 70.8 Å². The molecule has 132 valence electrons. The first-order valence-corrected chi connectivity index (χ1v) is 8.19. The van der Waals surface area contributed by atoms with Crippen LogP contribution in [0, 0.1) is 18.7 Å². The lowest BCUT2D eigenvalue weighted by molar-refractivity contribution is -0.132. The van der Waals surface area contributed by atoms with E-state index in [0.717, 1.165) is 0 Å². The Morgan fingerprint density at radius 3 is 2.76 bits per heavy atom. The number of halogens is 2. The lowest BCUT2D eigenvalue weighted by atomic mass is 10.1. The standard InChI is InChI=1S/C18H17ClFNO4/c1-9-11(18(23)24)6-10(25-9)8-21(2)17(22)13-7-12(13)16-14(19)4-3-5-15(16)20/h3-6,12-13H,7-8H2,1-2H3,(H,23,24). The van der Waals surface area contributed by atoms with Gasteiger partial charge in [-0.2, -0.15) is 0 Å². The fraction of sp³-hybridized carbons (Fsp3) is 0.333. The van der Waals surface area contributed by atoms with Crippen molar-refractivity contribution in [3.05, 3.63) is 57.8 Å². The largest absolute Gasteiger partial charge is 0.478 e. The summed E-state index contributed by atoms with van der Waals surface area (Å²) in [6.45, 7) is 1.72. The van der Waals surface area contributed by atoms with Crippen molar-refractivity contribution < 1.29 is 23.5 Å². The summed E-state index contributed by atoms with van der Waals surface area (Å²) < 4.78 is 19.4. The first-order valence-electron chi connectivity index (χ1n) is 7.81. The molecule has 1 N–H and O–H groups in total. The fourth-order valence-electron chi connectivity index (χ4n) is 3.08. The second-order valence-corrected chi connectivity index (χ2v) is 6.67. The van der Waals surface area contributed by atoms with Crippen molar-refractivity contribution in [2.45, 2.75) is 25.8 Å². The molecule has 7 heteroatoms. The van der Waals surface area contributed by atoms with Gasteiger partial charge < -0.3 is 14.4 Å². The van der Waals surface area contributed by atoms with Crippen LogP contribution in [0.15, 0.2) is 28.7 Å². The first kappa shape index (κ1) is 17.5. The Morgan fingerprint density at radius 1 is 1.44 bits per heavy atom. The van der Waals surface area contributed by atoms with Gasteiger partial charge in [0.25, 0.3) is 0 Å². The van der Waals surface area contributed by atoms with Crippen molar-refractivity contribution in [3.8, 4) is 0 Å². The Labute approximate surface area is 149 Å².